The molecule has 2 aromatic heterocycles. The predicted octanol–water partition coefficient (Wildman–Crippen LogP) is 1.83. The highest BCUT2D eigenvalue weighted by Gasteiger charge is 2.31. The number of carboxylic acids is 1. The van der Waals surface area contributed by atoms with E-state index in [-0.39, 0.29) is 31.6 Å². The Morgan fingerprint density at radius 2 is 1.48 bits per heavy atom. The molecule has 12 heteroatoms. The summed E-state index contributed by atoms with van der Waals surface area (Å²) in [6.07, 6.45) is 5.37. The Hall–Kier alpha value is -4.97. The van der Waals surface area contributed by atoms with Gasteiger partial charge in [-0.05, 0) is 36.0 Å². The number of nitrogens with one attached hydrogen (secondary N) is 5. The molecule has 2 heterocycles. The highest BCUT2D eigenvalue weighted by molar-refractivity contribution is 5.94. The summed E-state index contributed by atoms with van der Waals surface area (Å²) in [5.74, 6) is -2.96. The number of hydrogen-bond donors (Lipinski definition) is 7. The van der Waals surface area contributed by atoms with Gasteiger partial charge in [0, 0.05) is 41.8 Å². The summed E-state index contributed by atoms with van der Waals surface area (Å²) in [5, 5.41) is 18.8. The molecular formula is C32H39N7O5. The molecule has 3 amide bonds. The molecule has 4 rings (SSSR count). The Morgan fingerprint density at radius 1 is 0.818 bits per heavy atom. The molecule has 8 N–H and O–H groups in total. The molecule has 0 aliphatic heterocycles. The van der Waals surface area contributed by atoms with Crippen molar-refractivity contribution in [2.75, 3.05) is 0 Å². The Morgan fingerprint density at radius 3 is 2.16 bits per heavy atom. The molecule has 0 saturated carbocycles. The number of aromatic nitrogens is 3. The van der Waals surface area contributed by atoms with Crippen molar-refractivity contribution < 1.29 is 24.3 Å². The molecule has 0 aliphatic carbocycles. The molecule has 0 spiro atoms. The van der Waals surface area contributed by atoms with Gasteiger partial charge in [0.2, 0.25) is 17.7 Å². The van der Waals surface area contributed by atoms with E-state index in [0.29, 0.717) is 5.69 Å². The second-order valence-corrected chi connectivity index (χ2v) is 11.3. The zero-order chi connectivity index (χ0) is 31.6. The number of carboxylic acid groups (broad SMARTS) is 1. The summed E-state index contributed by atoms with van der Waals surface area (Å²) in [5.41, 5.74) is 9.46. The number of rotatable bonds is 15. The number of nitrogens with two attached hydrogens (primary N) is 1. The Kier molecular flexibility index (Phi) is 10.9. The van der Waals surface area contributed by atoms with Crippen LogP contribution >= 0.6 is 0 Å². The van der Waals surface area contributed by atoms with Gasteiger partial charge in [-0.3, -0.25) is 14.4 Å². The number of benzene rings is 2. The first-order valence-corrected chi connectivity index (χ1v) is 14.6. The zero-order valence-corrected chi connectivity index (χ0v) is 24.7. The molecule has 232 valence electrons. The van der Waals surface area contributed by atoms with Gasteiger partial charge in [-0.1, -0.05) is 62.4 Å². The molecule has 0 bridgehead atoms. The van der Waals surface area contributed by atoms with Crippen LogP contribution in [-0.2, 0) is 38.4 Å². The fourth-order valence-electron chi connectivity index (χ4n) is 5.03. The second-order valence-electron chi connectivity index (χ2n) is 11.3. The van der Waals surface area contributed by atoms with Crippen LogP contribution in [0.3, 0.4) is 0 Å². The molecule has 4 atom stereocenters. The van der Waals surface area contributed by atoms with Crippen molar-refractivity contribution in [2.24, 2.45) is 11.7 Å². The van der Waals surface area contributed by atoms with Crippen molar-refractivity contribution in [1.29, 1.82) is 0 Å². The number of aliphatic carboxylic acids is 1. The third-order valence-corrected chi connectivity index (χ3v) is 7.30. The third-order valence-electron chi connectivity index (χ3n) is 7.30. The van der Waals surface area contributed by atoms with Crippen molar-refractivity contribution in [3.05, 3.63) is 90.1 Å². The molecular weight excluding hydrogens is 562 g/mol. The monoisotopic (exact) mass is 601 g/mol. The number of fused-ring (bicyclic) bond motifs is 1. The van der Waals surface area contributed by atoms with Gasteiger partial charge in [0.1, 0.15) is 18.1 Å². The van der Waals surface area contributed by atoms with Gasteiger partial charge in [0.25, 0.3) is 0 Å². The molecule has 0 radical (unpaired) electrons. The van der Waals surface area contributed by atoms with Crippen LogP contribution in [0.5, 0.6) is 0 Å². The lowest BCUT2D eigenvalue weighted by Gasteiger charge is -2.26. The topological polar surface area (TPSA) is 195 Å². The van der Waals surface area contributed by atoms with Crippen molar-refractivity contribution >= 4 is 34.6 Å². The normalized spacial score (nSPS) is 14.0. The van der Waals surface area contributed by atoms with Crippen LogP contribution in [-0.4, -0.2) is 67.9 Å². The third kappa shape index (κ3) is 8.77. The summed E-state index contributed by atoms with van der Waals surface area (Å²) >= 11 is 0. The average molecular weight is 602 g/mol. The zero-order valence-electron chi connectivity index (χ0n) is 24.7. The molecule has 0 saturated heterocycles. The van der Waals surface area contributed by atoms with Gasteiger partial charge >= 0.3 is 5.97 Å². The first kappa shape index (κ1) is 32.0. The van der Waals surface area contributed by atoms with E-state index in [1.54, 1.807) is 0 Å². The van der Waals surface area contributed by atoms with Gasteiger partial charge in [0.05, 0.1) is 12.4 Å². The predicted molar refractivity (Wildman–Crippen MR) is 165 cm³/mol. The molecule has 4 unspecified atom stereocenters. The first-order valence-electron chi connectivity index (χ1n) is 14.6. The van der Waals surface area contributed by atoms with Crippen LogP contribution in [0.2, 0.25) is 0 Å². The lowest BCUT2D eigenvalue weighted by molar-refractivity contribution is -0.142. The standard InChI is InChI=1S/C32H39N7O5/c1-19(2)12-26(30(41)39-28(32(43)44)15-22-17-34-18-36-22)38-31(42)27(13-20-8-4-3-5-9-20)37-29(40)24(33)14-21-16-35-25-11-7-6-10-23(21)25/h3-11,16-19,24,26-28,35H,12-15,33H2,1-2H3,(H,34,36)(H,37,40)(H,38,42)(H,39,41)(H,43,44). The van der Waals surface area contributed by atoms with E-state index in [2.05, 4.69) is 30.9 Å². The van der Waals surface area contributed by atoms with Crippen LogP contribution in [0.1, 0.15) is 37.1 Å². The number of carbonyl (C=O) groups is 4. The molecule has 0 fully saturated rings. The summed E-state index contributed by atoms with van der Waals surface area (Å²) in [7, 11) is 0. The molecule has 4 aromatic rings. The van der Waals surface area contributed by atoms with Gasteiger partial charge in [-0.2, -0.15) is 0 Å². The minimum absolute atomic E-state index is 0.00584. The summed E-state index contributed by atoms with van der Waals surface area (Å²) in [4.78, 5) is 62.1. The Bertz CT molecular complexity index is 1550. The number of aromatic amines is 2. The highest BCUT2D eigenvalue weighted by atomic mass is 16.4. The number of nitrogens with zero attached hydrogens (tertiary/aromatic N) is 1. The van der Waals surface area contributed by atoms with E-state index < -0.39 is 47.9 Å². The van der Waals surface area contributed by atoms with Crippen LogP contribution < -0.4 is 21.7 Å². The van der Waals surface area contributed by atoms with Crippen LogP contribution in [0.25, 0.3) is 10.9 Å². The summed E-state index contributed by atoms with van der Waals surface area (Å²) < 4.78 is 0. The van der Waals surface area contributed by atoms with E-state index in [9.17, 15) is 24.3 Å². The number of H-pyrrole nitrogens is 2. The maximum absolute atomic E-state index is 13.7. The number of hydrogen-bond acceptors (Lipinski definition) is 6. The smallest absolute Gasteiger partial charge is 0.326 e. The van der Waals surface area contributed by atoms with E-state index in [0.717, 1.165) is 22.0 Å². The lowest BCUT2D eigenvalue weighted by Crippen LogP contribution is -2.58. The average Bonchev–Trinajstić information content (AvgIpc) is 3.66. The molecule has 44 heavy (non-hydrogen) atoms. The highest BCUT2D eigenvalue weighted by Crippen LogP contribution is 2.19. The van der Waals surface area contributed by atoms with Gasteiger partial charge in [0.15, 0.2) is 0 Å². The first-order chi connectivity index (χ1) is 21.1. The largest absolute Gasteiger partial charge is 0.480 e. The Balaban J connectivity index is 1.48. The quantitative estimate of drug-likeness (QED) is 0.108. The van der Waals surface area contributed by atoms with E-state index in [1.807, 2.05) is 74.6 Å². The minimum atomic E-state index is -1.24. The summed E-state index contributed by atoms with van der Waals surface area (Å²) in [6, 6.07) is 12.6. The van der Waals surface area contributed by atoms with Crippen molar-refractivity contribution in [3.8, 4) is 0 Å². The van der Waals surface area contributed by atoms with Crippen LogP contribution in [0.4, 0.5) is 0 Å². The van der Waals surface area contributed by atoms with Gasteiger partial charge in [-0.25, -0.2) is 9.78 Å². The van der Waals surface area contributed by atoms with Crippen LogP contribution in [0, 0.1) is 5.92 Å². The van der Waals surface area contributed by atoms with Crippen LogP contribution in [0.15, 0.2) is 73.3 Å². The van der Waals surface area contributed by atoms with Gasteiger partial charge < -0.3 is 36.8 Å². The Labute approximate surface area is 255 Å². The maximum Gasteiger partial charge on any atom is 0.326 e. The molecule has 2 aromatic carbocycles. The molecule has 12 nitrogen and oxygen atoms in total. The lowest BCUT2D eigenvalue weighted by atomic mass is 10.00. The van der Waals surface area contributed by atoms with Crippen molar-refractivity contribution in [2.45, 2.75) is 63.7 Å². The number of imidazole rings is 1. The van der Waals surface area contributed by atoms with E-state index >= 15 is 0 Å². The number of carbonyl (C=O) groups excluding carboxylic acids is 3. The minimum Gasteiger partial charge on any atom is -0.480 e. The van der Waals surface area contributed by atoms with E-state index in [4.69, 9.17) is 5.73 Å². The SMILES string of the molecule is CC(C)CC(NC(=O)C(Cc1ccccc1)NC(=O)C(N)Cc1c[nH]c2ccccc12)C(=O)NC(Cc1cnc[nH]1)C(=O)O. The number of para-hydroxylation sites is 1. The van der Waals surface area contributed by atoms with Crippen molar-refractivity contribution in [1.82, 2.24) is 30.9 Å². The van der Waals surface area contributed by atoms with E-state index in [1.165, 1.54) is 12.5 Å². The second kappa shape index (κ2) is 15.0. The fraction of sp³-hybridized carbons (Fsp3) is 0.344. The van der Waals surface area contributed by atoms with Gasteiger partial charge in [-0.15, -0.1) is 0 Å². The maximum atomic E-state index is 13.7. The fourth-order valence-corrected chi connectivity index (χ4v) is 5.03. The summed E-state index contributed by atoms with van der Waals surface area (Å²) in [6.45, 7) is 3.78. The molecule has 0 aliphatic rings. The van der Waals surface area contributed by atoms with Crippen molar-refractivity contribution in [3.63, 3.8) is 0 Å². The number of amides is 3.